The fraction of sp³-hybridized carbons (Fsp3) is 0.0500. The van der Waals surface area contributed by atoms with Crippen LogP contribution in [0.5, 0.6) is 5.75 Å². The lowest BCUT2D eigenvalue weighted by Gasteiger charge is -2.06. The second kappa shape index (κ2) is 6.08. The standard InChI is InChI=1S/C20H15N3O/c1-24-19-12-11-18(16-9-5-13-21-20(16)19)23-22-17-10-4-7-14-6-2-3-8-15(14)17/h2-13H,1H3. The minimum absolute atomic E-state index is 0.731. The van der Waals surface area contributed by atoms with Crippen LogP contribution in [-0.2, 0) is 0 Å². The molecule has 1 heterocycles. The van der Waals surface area contributed by atoms with Gasteiger partial charge in [0.2, 0.25) is 0 Å². The quantitative estimate of drug-likeness (QED) is 0.448. The van der Waals surface area contributed by atoms with E-state index in [1.54, 1.807) is 13.3 Å². The second-order valence-electron chi connectivity index (χ2n) is 5.38. The van der Waals surface area contributed by atoms with Gasteiger partial charge in [-0.05, 0) is 35.7 Å². The molecule has 4 heteroatoms. The minimum atomic E-state index is 0.731. The third-order valence-electron chi connectivity index (χ3n) is 3.96. The Balaban J connectivity index is 1.83. The van der Waals surface area contributed by atoms with Crippen LogP contribution in [0, 0.1) is 0 Å². The van der Waals surface area contributed by atoms with Crippen LogP contribution in [0.4, 0.5) is 11.4 Å². The van der Waals surface area contributed by atoms with Gasteiger partial charge in [-0.3, -0.25) is 4.98 Å². The van der Waals surface area contributed by atoms with Crippen LogP contribution >= 0.6 is 0 Å². The average Bonchev–Trinajstić information content (AvgIpc) is 2.66. The van der Waals surface area contributed by atoms with Crippen molar-refractivity contribution in [3.8, 4) is 5.75 Å². The first-order chi connectivity index (χ1) is 11.9. The van der Waals surface area contributed by atoms with Crippen LogP contribution in [-0.4, -0.2) is 12.1 Å². The summed E-state index contributed by atoms with van der Waals surface area (Å²) in [6, 6.07) is 21.8. The topological polar surface area (TPSA) is 46.8 Å². The van der Waals surface area contributed by atoms with Crippen molar-refractivity contribution in [1.82, 2.24) is 4.98 Å². The number of fused-ring (bicyclic) bond motifs is 2. The van der Waals surface area contributed by atoms with Crippen LogP contribution in [0.1, 0.15) is 0 Å². The molecule has 3 aromatic carbocycles. The van der Waals surface area contributed by atoms with Crippen molar-refractivity contribution >= 4 is 33.1 Å². The molecule has 0 saturated heterocycles. The minimum Gasteiger partial charge on any atom is -0.494 e. The Morgan fingerprint density at radius 1 is 0.750 bits per heavy atom. The monoisotopic (exact) mass is 313 g/mol. The molecule has 1 aromatic heterocycles. The molecule has 0 aliphatic carbocycles. The maximum atomic E-state index is 5.37. The summed E-state index contributed by atoms with van der Waals surface area (Å²) in [7, 11) is 1.64. The van der Waals surface area contributed by atoms with Gasteiger partial charge in [-0.2, -0.15) is 0 Å². The lowest BCUT2D eigenvalue weighted by atomic mass is 10.1. The fourth-order valence-electron chi connectivity index (χ4n) is 2.79. The van der Waals surface area contributed by atoms with Gasteiger partial charge in [-0.1, -0.05) is 36.4 Å². The zero-order chi connectivity index (χ0) is 16.4. The third-order valence-corrected chi connectivity index (χ3v) is 3.96. The van der Waals surface area contributed by atoms with Crippen LogP contribution in [0.15, 0.2) is 83.2 Å². The Labute approximate surface area is 139 Å². The number of hydrogen-bond donors (Lipinski definition) is 0. The van der Waals surface area contributed by atoms with Gasteiger partial charge in [-0.15, -0.1) is 10.2 Å². The smallest absolute Gasteiger partial charge is 0.145 e. The largest absolute Gasteiger partial charge is 0.494 e. The molecule has 0 fully saturated rings. The highest BCUT2D eigenvalue weighted by molar-refractivity contribution is 5.94. The Morgan fingerprint density at radius 2 is 1.50 bits per heavy atom. The van der Waals surface area contributed by atoms with E-state index < -0.39 is 0 Å². The number of ether oxygens (including phenoxy) is 1. The van der Waals surface area contributed by atoms with E-state index in [2.05, 4.69) is 33.4 Å². The van der Waals surface area contributed by atoms with E-state index in [4.69, 9.17) is 4.74 Å². The SMILES string of the molecule is COc1ccc(N=Nc2cccc3ccccc23)c2cccnc12. The average molecular weight is 313 g/mol. The first-order valence-electron chi connectivity index (χ1n) is 7.68. The van der Waals surface area contributed by atoms with E-state index in [1.807, 2.05) is 48.5 Å². The summed E-state index contributed by atoms with van der Waals surface area (Å²) in [5.74, 6) is 0.731. The van der Waals surface area contributed by atoms with Crippen LogP contribution in [0.2, 0.25) is 0 Å². The zero-order valence-corrected chi connectivity index (χ0v) is 13.2. The normalized spacial score (nSPS) is 11.4. The summed E-state index contributed by atoms with van der Waals surface area (Å²) in [5, 5.41) is 12.1. The number of nitrogens with zero attached hydrogens (tertiary/aromatic N) is 3. The van der Waals surface area contributed by atoms with Crippen molar-refractivity contribution in [2.75, 3.05) is 7.11 Å². The molecule has 0 radical (unpaired) electrons. The highest BCUT2D eigenvalue weighted by Gasteiger charge is 2.07. The lowest BCUT2D eigenvalue weighted by Crippen LogP contribution is -1.87. The molecule has 0 aliphatic rings. The molecule has 0 saturated carbocycles. The summed E-state index contributed by atoms with van der Waals surface area (Å²) in [5.41, 5.74) is 2.40. The number of benzene rings is 3. The van der Waals surface area contributed by atoms with E-state index in [-0.39, 0.29) is 0 Å². The Bertz CT molecular complexity index is 1050. The summed E-state index contributed by atoms with van der Waals surface area (Å²) in [6.07, 6.45) is 1.75. The van der Waals surface area contributed by atoms with Gasteiger partial charge in [0.05, 0.1) is 18.5 Å². The molecule has 0 unspecified atom stereocenters. The molecular weight excluding hydrogens is 298 g/mol. The molecule has 0 amide bonds. The van der Waals surface area contributed by atoms with E-state index in [9.17, 15) is 0 Å². The number of hydrogen-bond acceptors (Lipinski definition) is 4. The zero-order valence-electron chi connectivity index (χ0n) is 13.2. The third kappa shape index (κ3) is 2.48. The molecule has 0 bridgehead atoms. The van der Waals surface area contributed by atoms with E-state index >= 15 is 0 Å². The molecule has 4 aromatic rings. The predicted octanol–water partition coefficient (Wildman–Crippen LogP) is 5.81. The highest BCUT2D eigenvalue weighted by atomic mass is 16.5. The number of rotatable bonds is 3. The number of pyridine rings is 1. The Kier molecular flexibility index (Phi) is 3.63. The van der Waals surface area contributed by atoms with Crippen LogP contribution < -0.4 is 4.74 Å². The van der Waals surface area contributed by atoms with Crippen molar-refractivity contribution in [3.05, 3.63) is 72.9 Å². The molecule has 4 rings (SSSR count). The number of methoxy groups -OCH3 is 1. The first-order valence-corrected chi connectivity index (χ1v) is 7.68. The van der Waals surface area contributed by atoms with E-state index in [1.165, 1.54) is 0 Å². The summed E-state index contributed by atoms with van der Waals surface area (Å²) >= 11 is 0. The molecular formula is C20H15N3O. The predicted molar refractivity (Wildman–Crippen MR) is 96.4 cm³/mol. The molecule has 24 heavy (non-hydrogen) atoms. The Morgan fingerprint density at radius 3 is 2.38 bits per heavy atom. The van der Waals surface area contributed by atoms with Crippen LogP contribution in [0.25, 0.3) is 21.7 Å². The van der Waals surface area contributed by atoms with Gasteiger partial charge in [0.25, 0.3) is 0 Å². The first kappa shape index (κ1) is 14.3. The maximum Gasteiger partial charge on any atom is 0.145 e. The molecule has 4 nitrogen and oxygen atoms in total. The van der Waals surface area contributed by atoms with Crippen molar-refractivity contribution in [3.63, 3.8) is 0 Å². The maximum absolute atomic E-state index is 5.37. The van der Waals surface area contributed by atoms with Gasteiger partial charge in [-0.25, -0.2) is 0 Å². The molecule has 0 atom stereocenters. The molecule has 116 valence electrons. The van der Waals surface area contributed by atoms with Gasteiger partial charge >= 0.3 is 0 Å². The number of azo groups is 1. The highest BCUT2D eigenvalue weighted by Crippen LogP contribution is 2.33. The number of aromatic nitrogens is 1. The molecule has 0 N–H and O–H groups in total. The van der Waals surface area contributed by atoms with E-state index in [0.717, 1.165) is 38.8 Å². The van der Waals surface area contributed by atoms with Crippen molar-refractivity contribution < 1.29 is 4.74 Å². The lowest BCUT2D eigenvalue weighted by molar-refractivity contribution is 0.419. The van der Waals surface area contributed by atoms with E-state index in [0.29, 0.717) is 0 Å². The summed E-state index contributed by atoms with van der Waals surface area (Å²) in [6.45, 7) is 0. The van der Waals surface area contributed by atoms with Gasteiger partial charge in [0.1, 0.15) is 11.3 Å². The summed E-state index contributed by atoms with van der Waals surface area (Å²) in [4.78, 5) is 4.39. The Hall–Kier alpha value is -3.27. The van der Waals surface area contributed by atoms with Crippen molar-refractivity contribution in [2.45, 2.75) is 0 Å². The van der Waals surface area contributed by atoms with Gasteiger partial charge in [0.15, 0.2) is 0 Å². The van der Waals surface area contributed by atoms with Gasteiger partial charge in [0, 0.05) is 17.0 Å². The second-order valence-corrected chi connectivity index (χ2v) is 5.38. The van der Waals surface area contributed by atoms with Crippen LogP contribution in [0.3, 0.4) is 0 Å². The fourth-order valence-corrected chi connectivity index (χ4v) is 2.79. The van der Waals surface area contributed by atoms with Crippen molar-refractivity contribution in [2.24, 2.45) is 10.2 Å². The van der Waals surface area contributed by atoms with Crippen molar-refractivity contribution in [1.29, 1.82) is 0 Å². The molecule has 0 spiro atoms. The summed E-state index contributed by atoms with van der Waals surface area (Å²) < 4.78 is 5.37. The molecule has 0 aliphatic heterocycles. The van der Waals surface area contributed by atoms with Gasteiger partial charge < -0.3 is 4.74 Å².